The summed E-state index contributed by atoms with van der Waals surface area (Å²) in [4.78, 5) is 25.2. The average Bonchev–Trinajstić information content (AvgIpc) is 2.39. The highest BCUT2D eigenvalue weighted by Crippen LogP contribution is 2.18. The van der Waals surface area contributed by atoms with Gasteiger partial charge in [0.05, 0.1) is 16.8 Å². The lowest BCUT2D eigenvalue weighted by atomic mass is 10.2. The van der Waals surface area contributed by atoms with E-state index >= 15 is 0 Å². The predicted molar refractivity (Wildman–Crippen MR) is 65.2 cm³/mol. The van der Waals surface area contributed by atoms with Crippen molar-refractivity contribution in [3.63, 3.8) is 0 Å². The molecule has 6 nitrogen and oxygen atoms in total. The van der Waals surface area contributed by atoms with Gasteiger partial charge in [-0.15, -0.1) is 0 Å². The van der Waals surface area contributed by atoms with Gasteiger partial charge in [-0.1, -0.05) is 0 Å². The fourth-order valence-electron chi connectivity index (χ4n) is 1.44. The monoisotopic (exact) mass is 261 g/mol. The molecule has 0 bridgehead atoms. The number of nitrogens with one attached hydrogen (secondary N) is 1. The van der Waals surface area contributed by atoms with Crippen molar-refractivity contribution in [2.45, 2.75) is 0 Å². The van der Waals surface area contributed by atoms with Gasteiger partial charge in [0.25, 0.3) is 5.91 Å². The molecule has 1 aromatic heterocycles. The molecule has 0 saturated heterocycles. The van der Waals surface area contributed by atoms with Crippen LogP contribution in [0.3, 0.4) is 0 Å². The van der Waals surface area contributed by atoms with Crippen LogP contribution in [0.5, 0.6) is 0 Å². The van der Waals surface area contributed by atoms with Crippen molar-refractivity contribution in [3.8, 4) is 0 Å². The smallest absolute Gasteiger partial charge is 0.304 e. The lowest BCUT2D eigenvalue weighted by Gasteiger charge is -2.04. The van der Waals surface area contributed by atoms with Crippen molar-refractivity contribution in [1.82, 2.24) is 4.98 Å². The summed E-state index contributed by atoms with van der Waals surface area (Å²) in [6.07, 6.45) is 2.97. The second-order valence-corrected chi connectivity index (χ2v) is 3.62. The molecule has 2 aromatic rings. The van der Waals surface area contributed by atoms with Gasteiger partial charge >= 0.3 is 5.69 Å². The third-order valence-corrected chi connectivity index (χ3v) is 2.33. The van der Waals surface area contributed by atoms with Crippen molar-refractivity contribution < 1.29 is 14.1 Å². The van der Waals surface area contributed by atoms with Gasteiger partial charge in [0.1, 0.15) is 0 Å². The van der Waals surface area contributed by atoms with Gasteiger partial charge in [0.2, 0.25) is 5.82 Å². The van der Waals surface area contributed by atoms with Gasteiger partial charge in [-0.25, -0.2) is 0 Å². The first kappa shape index (κ1) is 12.6. The largest absolute Gasteiger partial charge is 0.321 e. The molecule has 1 heterocycles. The summed E-state index contributed by atoms with van der Waals surface area (Å²) in [5, 5.41) is 12.9. The number of nitrogens with zero attached hydrogens (tertiary/aromatic N) is 2. The number of halogens is 1. The summed E-state index contributed by atoms with van der Waals surface area (Å²) in [5.74, 6) is -1.62. The van der Waals surface area contributed by atoms with E-state index in [1.54, 1.807) is 18.3 Å². The van der Waals surface area contributed by atoms with E-state index in [0.29, 0.717) is 5.69 Å². The van der Waals surface area contributed by atoms with Crippen molar-refractivity contribution >= 4 is 17.3 Å². The van der Waals surface area contributed by atoms with E-state index in [1.807, 2.05) is 0 Å². The molecule has 0 radical (unpaired) electrons. The molecule has 0 saturated carbocycles. The molecule has 7 heteroatoms. The Labute approximate surface area is 107 Å². The molecular weight excluding hydrogens is 253 g/mol. The van der Waals surface area contributed by atoms with Crippen LogP contribution >= 0.6 is 0 Å². The molecule has 0 aliphatic rings. The Morgan fingerprint density at radius 2 is 2.16 bits per heavy atom. The number of aromatic nitrogens is 1. The number of anilines is 1. The maximum atomic E-state index is 13.4. The number of carbonyl (C=O) groups is 1. The normalized spacial score (nSPS) is 9.95. The van der Waals surface area contributed by atoms with Crippen LogP contribution in [0, 0.1) is 15.9 Å². The Morgan fingerprint density at radius 3 is 2.74 bits per heavy atom. The number of nitro benzene ring substituents is 1. The molecular formula is C12H8FN3O3. The molecule has 2 rings (SSSR count). The standard InChI is InChI=1S/C12H8FN3O3/c13-10-6-8(3-4-11(10)16(18)19)12(17)15-9-2-1-5-14-7-9/h1-7H,(H,15,17). The van der Waals surface area contributed by atoms with E-state index in [0.717, 1.165) is 12.1 Å². The van der Waals surface area contributed by atoms with Crippen LogP contribution in [0.25, 0.3) is 0 Å². The average molecular weight is 261 g/mol. The van der Waals surface area contributed by atoms with Crippen LogP contribution in [-0.4, -0.2) is 15.8 Å². The minimum absolute atomic E-state index is 0.00745. The summed E-state index contributed by atoms with van der Waals surface area (Å²) in [5.41, 5.74) is -0.226. The fourth-order valence-corrected chi connectivity index (χ4v) is 1.44. The van der Waals surface area contributed by atoms with Gasteiger partial charge in [-0.2, -0.15) is 4.39 Å². The molecule has 0 unspecified atom stereocenters. The molecule has 0 spiro atoms. The highest BCUT2D eigenvalue weighted by molar-refractivity contribution is 6.04. The van der Waals surface area contributed by atoms with Crippen LogP contribution in [0.2, 0.25) is 0 Å². The van der Waals surface area contributed by atoms with Gasteiger partial charge in [-0.3, -0.25) is 19.9 Å². The molecule has 96 valence electrons. The quantitative estimate of drug-likeness (QED) is 0.679. The van der Waals surface area contributed by atoms with Gasteiger partial charge < -0.3 is 5.32 Å². The van der Waals surface area contributed by atoms with Crippen molar-refractivity contribution in [1.29, 1.82) is 0 Å². The molecule has 1 aromatic carbocycles. The van der Waals surface area contributed by atoms with E-state index in [-0.39, 0.29) is 5.56 Å². The molecule has 0 fully saturated rings. The molecule has 1 amide bonds. The van der Waals surface area contributed by atoms with E-state index < -0.39 is 22.3 Å². The first-order valence-electron chi connectivity index (χ1n) is 5.23. The van der Waals surface area contributed by atoms with Crippen molar-refractivity contribution in [2.75, 3.05) is 5.32 Å². The maximum Gasteiger partial charge on any atom is 0.304 e. The number of rotatable bonds is 3. The first-order chi connectivity index (χ1) is 9.08. The summed E-state index contributed by atoms with van der Waals surface area (Å²) in [6.45, 7) is 0. The number of benzene rings is 1. The minimum atomic E-state index is -1.05. The van der Waals surface area contributed by atoms with E-state index in [4.69, 9.17) is 0 Å². The number of hydrogen-bond acceptors (Lipinski definition) is 4. The number of hydrogen-bond donors (Lipinski definition) is 1. The van der Waals surface area contributed by atoms with E-state index in [1.165, 1.54) is 12.3 Å². The first-order valence-corrected chi connectivity index (χ1v) is 5.23. The second kappa shape index (κ2) is 5.21. The zero-order valence-electron chi connectivity index (χ0n) is 9.54. The summed E-state index contributed by atoms with van der Waals surface area (Å²) in [7, 11) is 0. The predicted octanol–water partition coefficient (Wildman–Crippen LogP) is 2.38. The Morgan fingerprint density at radius 1 is 1.37 bits per heavy atom. The van der Waals surface area contributed by atoms with Gasteiger partial charge in [0.15, 0.2) is 0 Å². The molecule has 0 aliphatic carbocycles. The highest BCUT2D eigenvalue weighted by atomic mass is 19.1. The van der Waals surface area contributed by atoms with E-state index in [2.05, 4.69) is 10.3 Å². The minimum Gasteiger partial charge on any atom is -0.321 e. The van der Waals surface area contributed by atoms with Crippen LogP contribution in [-0.2, 0) is 0 Å². The van der Waals surface area contributed by atoms with E-state index in [9.17, 15) is 19.3 Å². The van der Waals surface area contributed by atoms with Gasteiger partial charge in [0, 0.05) is 17.8 Å². The zero-order chi connectivity index (χ0) is 13.8. The van der Waals surface area contributed by atoms with Crippen LogP contribution in [0.4, 0.5) is 15.8 Å². The number of amides is 1. The Balaban J connectivity index is 2.21. The number of carbonyl (C=O) groups excluding carboxylic acids is 1. The third kappa shape index (κ3) is 2.89. The molecule has 1 N–H and O–H groups in total. The summed E-state index contributed by atoms with van der Waals surface area (Å²) in [6, 6.07) is 6.21. The number of nitro groups is 1. The summed E-state index contributed by atoms with van der Waals surface area (Å²) < 4.78 is 13.4. The van der Waals surface area contributed by atoms with Crippen LogP contribution in [0.15, 0.2) is 42.7 Å². The topological polar surface area (TPSA) is 85.1 Å². The van der Waals surface area contributed by atoms with Crippen LogP contribution < -0.4 is 5.32 Å². The highest BCUT2D eigenvalue weighted by Gasteiger charge is 2.16. The lowest BCUT2D eigenvalue weighted by Crippen LogP contribution is -2.12. The second-order valence-electron chi connectivity index (χ2n) is 3.62. The Bertz CT molecular complexity index is 631. The number of pyridine rings is 1. The fraction of sp³-hybridized carbons (Fsp3) is 0. The summed E-state index contributed by atoms with van der Waals surface area (Å²) >= 11 is 0. The molecule has 0 atom stereocenters. The Hall–Kier alpha value is -2.83. The zero-order valence-corrected chi connectivity index (χ0v) is 9.54. The molecule has 19 heavy (non-hydrogen) atoms. The SMILES string of the molecule is O=C(Nc1cccnc1)c1ccc([N+](=O)[O-])c(F)c1. The third-order valence-electron chi connectivity index (χ3n) is 2.33. The van der Waals surface area contributed by atoms with Crippen molar-refractivity contribution in [3.05, 3.63) is 64.2 Å². The van der Waals surface area contributed by atoms with Crippen LogP contribution in [0.1, 0.15) is 10.4 Å². The van der Waals surface area contributed by atoms with Gasteiger partial charge in [-0.05, 0) is 24.3 Å². The maximum absolute atomic E-state index is 13.4. The molecule has 0 aliphatic heterocycles. The van der Waals surface area contributed by atoms with Crippen molar-refractivity contribution in [2.24, 2.45) is 0 Å². The lowest BCUT2D eigenvalue weighted by molar-refractivity contribution is -0.387. The Kier molecular flexibility index (Phi) is 3.46.